The Morgan fingerprint density at radius 2 is 2.05 bits per heavy atom. The molecular weight excluding hydrogens is 268 g/mol. The van der Waals surface area contributed by atoms with Crippen molar-refractivity contribution in [1.29, 1.82) is 0 Å². The van der Waals surface area contributed by atoms with Crippen LogP contribution in [0.1, 0.15) is 26.0 Å². The summed E-state index contributed by atoms with van der Waals surface area (Å²) in [4.78, 5) is 25.2. The van der Waals surface area contributed by atoms with Crippen molar-refractivity contribution in [2.24, 2.45) is 0 Å². The minimum absolute atomic E-state index is 0.190. The first-order chi connectivity index (χ1) is 10.1. The Labute approximate surface area is 126 Å². The number of rotatable bonds is 5. The predicted molar refractivity (Wildman–Crippen MR) is 79.7 cm³/mol. The SMILES string of the molecule is CCOC(=O)CC(C)(c1cnccn1)N1CCN(C)CC1. The number of carbonyl (C=O) groups excluding carboxylic acids is 1. The monoisotopic (exact) mass is 292 g/mol. The standard InChI is InChI=1S/C15H24N4O2/c1-4-21-14(20)11-15(2,13-12-16-5-6-17-13)19-9-7-18(3)8-10-19/h5-6,12H,4,7-11H2,1-3H3. The van der Waals surface area contributed by atoms with E-state index in [1.807, 2.05) is 6.92 Å². The molecule has 1 unspecified atom stereocenters. The lowest BCUT2D eigenvalue weighted by Gasteiger charge is -2.44. The molecule has 6 heteroatoms. The van der Waals surface area contributed by atoms with Gasteiger partial charge in [0, 0.05) is 38.6 Å². The van der Waals surface area contributed by atoms with Crippen molar-refractivity contribution >= 4 is 5.97 Å². The number of nitrogens with zero attached hydrogens (tertiary/aromatic N) is 4. The van der Waals surface area contributed by atoms with Crippen LogP contribution in [0.3, 0.4) is 0 Å². The van der Waals surface area contributed by atoms with Gasteiger partial charge in [-0.15, -0.1) is 0 Å². The average Bonchev–Trinajstić information content (AvgIpc) is 2.49. The summed E-state index contributed by atoms with van der Waals surface area (Å²) in [5.41, 5.74) is 0.351. The summed E-state index contributed by atoms with van der Waals surface area (Å²) in [6.07, 6.45) is 5.37. The van der Waals surface area contributed by atoms with Gasteiger partial charge in [-0.3, -0.25) is 19.7 Å². The molecule has 0 radical (unpaired) electrons. The highest BCUT2D eigenvalue weighted by Gasteiger charge is 2.39. The smallest absolute Gasteiger partial charge is 0.308 e. The van der Waals surface area contributed by atoms with Crippen molar-refractivity contribution in [2.45, 2.75) is 25.8 Å². The van der Waals surface area contributed by atoms with E-state index in [1.54, 1.807) is 18.6 Å². The van der Waals surface area contributed by atoms with Crippen LogP contribution in [-0.2, 0) is 15.1 Å². The number of piperazine rings is 1. The Morgan fingerprint density at radius 3 is 2.62 bits per heavy atom. The normalized spacial score (nSPS) is 20.0. The minimum Gasteiger partial charge on any atom is -0.466 e. The molecule has 1 aliphatic rings. The third kappa shape index (κ3) is 3.77. The Hall–Kier alpha value is -1.53. The minimum atomic E-state index is -0.470. The Morgan fingerprint density at radius 1 is 1.33 bits per heavy atom. The third-order valence-electron chi connectivity index (χ3n) is 4.11. The number of hydrogen-bond donors (Lipinski definition) is 0. The van der Waals surface area contributed by atoms with Crippen LogP contribution in [0.4, 0.5) is 0 Å². The first-order valence-corrected chi connectivity index (χ1v) is 7.42. The molecule has 0 spiro atoms. The fourth-order valence-electron chi connectivity index (χ4n) is 2.73. The van der Waals surface area contributed by atoms with Crippen LogP contribution in [-0.4, -0.2) is 65.6 Å². The first-order valence-electron chi connectivity index (χ1n) is 7.42. The zero-order valence-corrected chi connectivity index (χ0v) is 13.1. The highest BCUT2D eigenvalue weighted by atomic mass is 16.5. The molecule has 6 nitrogen and oxygen atoms in total. The fourth-order valence-corrected chi connectivity index (χ4v) is 2.73. The summed E-state index contributed by atoms with van der Waals surface area (Å²) < 4.78 is 5.15. The molecule has 1 saturated heterocycles. The second kappa shape index (κ2) is 6.95. The third-order valence-corrected chi connectivity index (χ3v) is 4.11. The van der Waals surface area contributed by atoms with Crippen LogP contribution in [0.2, 0.25) is 0 Å². The zero-order valence-electron chi connectivity index (χ0n) is 13.1. The van der Waals surface area contributed by atoms with Gasteiger partial charge < -0.3 is 9.64 Å². The number of hydrogen-bond acceptors (Lipinski definition) is 6. The lowest BCUT2D eigenvalue weighted by Crippen LogP contribution is -2.54. The maximum atomic E-state index is 12.0. The zero-order chi connectivity index (χ0) is 15.3. The maximum Gasteiger partial charge on any atom is 0.308 e. The lowest BCUT2D eigenvalue weighted by atomic mass is 9.90. The first kappa shape index (κ1) is 15.9. The molecule has 1 aliphatic heterocycles. The maximum absolute atomic E-state index is 12.0. The molecule has 2 heterocycles. The number of ether oxygens (including phenoxy) is 1. The van der Waals surface area contributed by atoms with Gasteiger partial charge in [-0.1, -0.05) is 0 Å². The fraction of sp³-hybridized carbons (Fsp3) is 0.667. The van der Waals surface area contributed by atoms with E-state index < -0.39 is 5.54 Å². The van der Waals surface area contributed by atoms with E-state index in [2.05, 4.69) is 33.7 Å². The van der Waals surface area contributed by atoms with Crippen LogP contribution >= 0.6 is 0 Å². The van der Waals surface area contributed by atoms with Crippen molar-refractivity contribution in [1.82, 2.24) is 19.8 Å². The molecule has 0 amide bonds. The van der Waals surface area contributed by atoms with Crippen molar-refractivity contribution < 1.29 is 9.53 Å². The predicted octanol–water partition coefficient (Wildman–Crippen LogP) is 0.892. The Kier molecular flexibility index (Phi) is 5.25. The quantitative estimate of drug-likeness (QED) is 0.751. The topological polar surface area (TPSA) is 58.6 Å². The van der Waals surface area contributed by atoms with Gasteiger partial charge in [0.25, 0.3) is 0 Å². The van der Waals surface area contributed by atoms with E-state index in [1.165, 1.54) is 0 Å². The molecule has 0 N–H and O–H groups in total. The van der Waals surface area contributed by atoms with Crippen molar-refractivity contribution in [3.63, 3.8) is 0 Å². The highest BCUT2D eigenvalue weighted by Crippen LogP contribution is 2.31. The van der Waals surface area contributed by atoms with Gasteiger partial charge in [0.2, 0.25) is 0 Å². The van der Waals surface area contributed by atoms with Gasteiger partial charge in [0.05, 0.1) is 30.5 Å². The van der Waals surface area contributed by atoms with Gasteiger partial charge in [-0.25, -0.2) is 0 Å². The molecule has 2 rings (SSSR count). The molecule has 116 valence electrons. The van der Waals surface area contributed by atoms with Crippen molar-refractivity contribution in [3.8, 4) is 0 Å². The molecule has 1 aromatic heterocycles. The Balaban J connectivity index is 2.23. The van der Waals surface area contributed by atoms with Gasteiger partial charge in [0.1, 0.15) is 0 Å². The molecule has 0 aromatic carbocycles. The molecule has 21 heavy (non-hydrogen) atoms. The summed E-state index contributed by atoms with van der Waals surface area (Å²) in [6.45, 7) is 8.06. The van der Waals surface area contributed by atoms with Crippen molar-refractivity contribution in [2.75, 3.05) is 39.8 Å². The average molecular weight is 292 g/mol. The van der Waals surface area contributed by atoms with Crippen molar-refractivity contribution in [3.05, 3.63) is 24.3 Å². The number of likely N-dealkylation sites (N-methyl/N-ethyl adjacent to an activating group) is 1. The summed E-state index contributed by atoms with van der Waals surface area (Å²) in [7, 11) is 2.11. The van der Waals surface area contributed by atoms with Crippen LogP contribution < -0.4 is 0 Å². The van der Waals surface area contributed by atoms with Crippen LogP contribution in [0.25, 0.3) is 0 Å². The lowest BCUT2D eigenvalue weighted by molar-refractivity contribution is -0.147. The van der Waals surface area contributed by atoms with E-state index in [0.717, 1.165) is 31.9 Å². The molecule has 0 aliphatic carbocycles. The highest BCUT2D eigenvalue weighted by molar-refractivity contribution is 5.71. The number of aromatic nitrogens is 2. The molecular formula is C15H24N4O2. The number of esters is 1. The molecule has 1 aromatic rings. The van der Waals surface area contributed by atoms with E-state index in [-0.39, 0.29) is 5.97 Å². The van der Waals surface area contributed by atoms with Gasteiger partial charge in [0.15, 0.2) is 0 Å². The van der Waals surface area contributed by atoms with E-state index in [9.17, 15) is 4.79 Å². The second-order valence-corrected chi connectivity index (χ2v) is 5.64. The van der Waals surface area contributed by atoms with Crippen LogP contribution in [0.15, 0.2) is 18.6 Å². The van der Waals surface area contributed by atoms with E-state index in [0.29, 0.717) is 13.0 Å². The van der Waals surface area contributed by atoms with Crippen LogP contribution in [0, 0.1) is 0 Å². The van der Waals surface area contributed by atoms with E-state index in [4.69, 9.17) is 4.74 Å². The summed E-state index contributed by atoms with van der Waals surface area (Å²) in [5, 5.41) is 0. The molecule has 1 fully saturated rings. The number of carbonyl (C=O) groups is 1. The Bertz CT molecular complexity index is 460. The molecule has 1 atom stereocenters. The summed E-state index contributed by atoms with van der Waals surface area (Å²) in [6, 6.07) is 0. The second-order valence-electron chi connectivity index (χ2n) is 5.64. The van der Waals surface area contributed by atoms with Crippen LogP contribution in [0.5, 0.6) is 0 Å². The van der Waals surface area contributed by atoms with Gasteiger partial charge in [-0.2, -0.15) is 0 Å². The van der Waals surface area contributed by atoms with Gasteiger partial charge in [-0.05, 0) is 20.9 Å². The molecule has 0 saturated carbocycles. The molecule has 0 bridgehead atoms. The summed E-state index contributed by atoms with van der Waals surface area (Å²) in [5.74, 6) is -0.190. The van der Waals surface area contributed by atoms with E-state index >= 15 is 0 Å². The van der Waals surface area contributed by atoms with Gasteiger partial charge >= 0.3 is 5.97 Å². The largest absolute Gasteiger partial charge is 0.466 e. The summed E-state index contributed by atoms with van der Waals surface area (Å²) >= 11 is 0.